The molecule has 0 saturated carbocycles. The average molecular weight is 369 g/mol. The first kappa shape index (κ1) is 20.0. The van der Waals surface area contributed by atoms with Gasteiger partial charge >= 0.3 is 0 Å². The maximum Gasteiger partial charge on any atom is 0.239 e. The zero-order valence-electron chi connectivity index (χ0n) is 15.2. The third-order valence-electron chi connectivity index (χ3n) is 3.75. The number of benzene rings is 2. The van der Waals surface area contributed by atoms with Crippen LogP contribution >= 0.6 is 0 Å². The van der Waals surface area contributed by atoms with Gasteiger partial charge in [0, 0.05) is 6.54 Å². The van der Waals surface area contributed by atoms with E-state index in [4.69, 9.17) is 4.74 Å². The summed E-state index contributed by atoms with van der Waals surface area (Å²) < 4.78 is 5.07. The van der Waals surface area contributed by atoms with Crippen molar-refractivity contribution in [3.63, 3.8) is 0 Å². The minimum absolute atomic E-state index is 0.149. The second kappa shape index (κ2) is 10.6. The third-order valence-corrected chi connectivity index (χ3v) is 3.75. The highest BCUT2D eigenvalue weighted by molar-refractivity contribution is 5.88. The van der Waals surface area contributed by atoms with Crippen molar-refractivity contribution in [1.82, 2.24) is 16.0 Å². The summed E-state index contributed by atoms with van der Waals surface area (Å²) in [7, 11) is 1.59. The van der Waals surface area contributed by atoms with E-state index in [1.165, 1.54) is 0 Å². The van der Waals surface area contributed by atoms with Crippen LogP contribution < -0.4 is 20.7 Å². The summed E-state index contributed by atoms with van der Waals surface area (Å²) in [5.41, 5.74) is 1.79. The summed E-state index contributed by atoms with van der Waals surface area (Å²) in [6.07, 6.45) is 0.205. The Morgan fingerprint density at radius 3 is 1.96 bits per heavy atom. The summed E-state index contributed by atoms with van der Waals surface area (Å²) in [6, 6.07) is 16.6. The SMILES string of the molecule is COc1ccc(CNC(=O)CNC(=O)CNC(=O)Cc2ccccc2)cc1. The molecule has 0 atom stereocenters. The Balaban J connectivity index is 1.61. The van der Waals surface area contributed by atoms with Crippen molar-refractivity contribution in [3.8, 4) is 5.75 Å². The van der Waals surface area contributed by atoms with Gasteiger partial charge in [0.1, 0.15) is 5.75 Å². The molecule has 2 aromatic rings. The fourth-order valence-corrected chi connectivity index (χ4v) is 2.27. The van der Waals surface area contributed by atoms with Crippen molar-refractivity contribution in [2.24, 2.45) is 0 Å². The minimum atomic E-state index is -0.420. The average Bonchev–Trinajstić information content (AvgIpc) is 2.70. The van der Waals surface area contributed by atoms with Gasteiger partial charge in [-0.15, -0.1) is 0 Å². The fourth-order valence-electron chi connectivity index (χ4n) is 2.27. The summed E-state index contributed by atoms with van der Waals surface area (Å²) >= 11 is 0. The van der Waals surface area contributed by atoms with Gasteiger partial charge in [0.15, 0.2) is 0 Å². The van der Waals surface area contributed by atoms with Gasteiger partial charge in [0.05, 0.1) is 26.6 Å². The zero-order valence-corrected chi connectivity index (χ0v) is 15.2. The summed E-state index contributed by atoms with van der Waals surface area (Å²) in [5, 5.41) is 7.71. The number of amides is 3. The Labute approximate surface area is 158 Å². The van der Waals surface area contributed by atoms with E-state index < -0.39 is 5.91 Å². The van der Waals surface area contributed by atoms with Crippen LogP contribution in [0.1, 0.15) is 11.1 Å². The lowest BCUT2D eigenvalue weighted by Gasteiger charge is -2.08. The number of ether oxygens (including phenoxy) is 1. The van der Waals surface area contributed by atoms with Gasteiger partial charge in [-0.25, -0.2) is 0 Å². The van der Waals surface area contributed by atoms with E-state index in [2.05, 4.69) is 16.0 Å². The predicted molar refractivity (Wildman–Crippen MR) is 101 cm³/mol. The largest absolute Gasteiger partial charge is 0.497 e. The van der Waals surface area contributed by atoms with Crippen LogP contribution in [-0.4, -0.2) is 37.9 Å². The lowest BCUT2D eigenvalue weighted by Crippen LogP contribution is -2.42. The van der Waals surface area contributed by atoms with Crippen molar-refractivity contribution in [3.05, 3.63) is 65.7 Å². The monoisotopic (exact) mass is 369 g/mol. The molecule has 2 rings (SSSR count). The van der Waals surface area contributed by atoms with E-state index in [1.807, 2.05) is 42.5 Å². The second-order valence-electron chi connectivity index (χ2n) is 5.84. The Hall–Kier alpha value is -3.35. The maximum atomic E-state index is 11.8. The van der Waals surface area contributed by atoms with Crippen molar-refractivity contribution in [2.45, 2.75) is 13.0 Å². The first-order valence-corrected chi connectivity index (χ1v) is 8.54. The summed E-state index contributed by atoms with van der Waals surface area (Å²) in [4.78, 5) is 35.3. The van der Waals surface area contributed by atoms with Crippen molar-refractivity contribution < 1.29 is 19.1 Å². The van der Waals surface area contributed by atoms with Gasteiger partial charge in [-0.3, -0.25) is 14.4 Å². The van der Waals surface area contributed by atoms with Crippen LogP contribution in [0.4, 0.5) is 0 Å². The van der Waals surface area contributed by atoms with Crippen LogP contribution in [0.2, 0.25) is 0 Å². The quantitative estimate of drug-likeness (QED) is 0.609. The van der Waals surface area contributed by atoms with Crippen LogP contribution in [0.15, 0.2) is 54.6 Å². The summed E-state index contributed by atoms with van der Waals surface area (Å²) in [6.45, 7) is 0.0352. The van der Waals surface area contributed by atoms with Gasteiger partial charge in [-0.1, -0.05) is 42.5 Å². The molecule has 3 N–H and O–H groups in total. The molecule has 7 heteroatoms. The number of hydrogen-bond acceptors (Lipinski definition) is 4. The predicted octanol–water partition coefficient (Wildman–Crippen LogP) is 0.787. The van der Waals surface area contributed by atoms with E-state index in [9.17, 15) is 14.4 Å². The van der Waals surface area contributed by atoms with Gasteiger partial charge in [0.2, 0.25) is 17.7 Å². The van der Waals surface area contributed by atoms with E-state index in [0.717, 1.165) is 16.9 Å². The molecule has 0 aliphatic rings. The number of hydrogen-bond donors (Lipinski definition) is 3. The van der Waals surface area contributed by atoms with Crippen LogP contribution in [0.5, 0.6) is 5.75 Å². The number of rotatable bonds is 9. The molecule has 0 heterocycles. The molecule has 0 saturated heterocycles. The molecule has 0 bridgehead atoms. The molecule has 0 spiro atoms. The lowest BCUT2D eigenvalue weighted by atomic mass is 10.1. The van der Waals surface area contributed by atoms with Gasteiger partial charge < -0.3 is 20.7 Å². The highest BCUT2D eigenvalue weighted by Gasteiger charge is 2.08. The van der Waals surface area contributed by atoms with Gasteiger partial charge in [-0.05, 0) is 23.3 Å². The van der Waals surface area contributed by atoms with E-state index in [1.54, 1.807) is 19.2 Å². The Bertz CT molecular complexity index is 761. The van der Waals surface area contributed by atoms with Crippen molar-refractivity contribution in [1.29, 1.82) is 0 Å². The van der Waals surface area contributed by atoms with Gasteiger partial charge in [-0.2, -0.15) is 0 Å². The number of methoxy groups -OCH3 is 1. The molecule has 0 radical (unpaired) electrons. The van der Waals surface area contributed by atoms with Crippen LogP contribution in [0, 0.1) is 0 Å². The Kier molecular flexibility index (Phi) is 7.84. The summed E-state index contributed by atoms with van der Waals surface area (Å²) in [5.74, 6) is -0.238. The smallest absolute Gasteiger partial charge is 0.239 e. The number of nitrogens with one attached hydrogen (secondary N) is 3. The molecule has 0 aliphatic heterocycles. The number of carbonyl (C=O) groups excluding carboxylic acids is 3. The molecule has 3 amide bonds. The molecule has 0 fully saturated rings. The van der Waals surface area contributed by atoms with Crippen LogP contribution in [0.3, 0.4) is 0 Å². The molecule has 0 aromatic heterocycles. The van der Waals surface area contributed by atoms with Crippen LogP contribution in [0.25, 0.3) is 0 Å². The van der Waals surface area contributed by atoms with Crippen LogP contribution in [-0.2, 0) is 27.3 Å². The first-order chi connectivity index (χ1) is 13.1. The molecule has 142 valence electrons. The van der Waals surface area contributed by atoms with E-state index >= 15 is 0 Å². The normalized spacial score (nSPS) is 9.96. The zero-order chi connectivity index (χ0) is 19.5. The highest BCUT2D eigenvalue weighted by atomic mass is 16.5. The molecular formula is C20H23N3O4. The van der Waals surface area contributed by atoms with E-state index in [0.29, 0.717) is 6.54 Å². The topological polar surface area (TPSA) is 96.5 Å². The molecule has 0 aliphatic carbocycles. The highest BCUT2D eigenvalue weighted by Crippen LogP contribution is 2.10. The Morgan fingerprint density at radius 2 is 1.33 bits per heavy atom. The molecule has 2 aromatic carbocycles. The number of carbonyl (C=O) groups is 3. The first-order valence-electron chi connectivity index (χ1n) is 8.54. The molecule has 27 heavy (non-hydrogen) atoms. The molecule has 0 unspecified atom stereocenters. The lowest BCUT2D eigenvalue weighted by molar-refractivity contribution is -0.127. The van der Waals surface area contributed by atoms with E-state index in [-0.39, 0.29) is 31.3 Å². The minimum Gasteiger partial charge on any atom is -0.497 e. The molecular weight excluding hydrogens is 346 g/mol. The third kappa shape index (κ3) is 7.60. The second-order valence-corrected chi connectivity index (χ2v) is 5.84. The van der Waals surface area contributed by atoms with Gasteiger partial charge in [0.25, 0.3) is 0 Å². The van der Waals surface area contributed by atoms with Crippen molar-refractivity contribution >= 4 is 17.7 Å². The standard InChI is InChI=1S/C20H23N3O4/c1-27-17-9-7-16(8-10-17)12-21-19(25)14-23-20(26)13-22-18(24)11-15-5-3-2-4-6-15/h2-10H,11-14H2,1H3,(H,21,25)(H,22,24)(H,23,26). The van der Waals surface area contributed by atoms with Crippen molar-refractivity contribution in [2.75, 3.05) is 20.2 Å². The molecule has 7 nitrogen and oxygen atoms in total. The Morgan fingerprint density at radius 1 is 0.741 bits per heavy atom. The fraction of sp³-hybridized carbons (Fsp3) is 0.250. The maximum absolute atomic E-state index is 11.8.